The summed E-state index contributed by atoms with van der Waals surface area (Å²) in [5.74, 6) is 0. The quantitative estimate of drug-likeness (QED) is 0.786. The summed E-state index contributed by atoms with van der Waals surface area (Å²) in [5, 5.41) is 5.42. The van der Waals surface area contributed by atoms with Crippen molar-refractivity contribution in [3.8, 4) is 0 Å². The summed E-state index contributed by atoms with van der Waals surface area (Å²) in [6.07, 6.45) is 3.01. The smallest absolute Gasteiger partial charge is 0.0662 e. The van der Waals surface area contributed by atoms with Gasteiger partial charge in [-0.05, 0) is 24.5 Å². The molecule has 0 bridgehead atoms. The molecule has 0 radical (unpaired) electrons. The number of nitrogens with zero attached hydrogens (tertiary/aromatic N) is 2. The van der Waals surface area contributed by atoms with Crippen molar-refractivity contribution in [3.05, 3.63) is 53.3 Å². The molecular weight excluding hydrogens is 264 g/mol. The molecule has 0 atom stereocenters. The first-order chi connectivity index (χ1) is 7.81. The molecule has 0 N–H and O–H groups in total. The minimum absolute atomic E-state index is 0.856. The van der Waals surface area contributed by atoms with E-state index in [4.69, 9.17) is 0 Å². The number of aryl methyl sites for hydroxylation is 1. The Morgan fingerprint density at radius 1 is 1.25 bits per heavy atom. The Hall–Kier alpha value is -1.09. The van der Waals surface area contributed by atoms with E-state index in [0.29, 0.717) is 0 Å². The van der Waals surface area contributed by atoms with Crippen molar-refractivity contribution >= 4 is 15.9 Å². The lowest BCUT2D eigenvalue weighted by atomic mass is 10.2. The fourth-order valence-electron chi connectivity index (χ4n) is 1.75. The van der Waals surface area contributed by atoms with E-state index in [1.54, 1.807) is 0 Å². The van der Waals surface area contributed by atoms with Crippen molar-refractivity contribution < 1.29 is 0 Å². The van der Waals surface area contributed by atoms with Crippen LogP contribution in [-0.2, 0) is 13.0 Å². The van der Waals surface area contributed by atoms with Crippen LogP contribution < -0.4 is 0 Å². The second-order valence-corrected chi connectivity index (χ2v) is 4.63. The van der Waals surface area contributed by atoms with E-state index < -0.39 is 0 Å². The first kappa shape index (κ1) is 11.4. The minimum Gasteiger partial charge on any atom is -0.265 e. The molecule has 0 saturated carbocycles. The van der Waals surface area contributed by atoms with Crippen LogP contribution in [-0.4, -0.2) is 15.1 Å². The molecule has 1 aromatic carbocycles. The van der Waals surface area contributed by atoms with E-state index in [2.05, 4.69) is 56.9 Å². The Labute approximate surface area is 104 Å². The third kappa shape index (κ3) is 2.53. The first-order valence-electron chi connectivity index (χ1n) is 5.42. The van der Waals surface area contributed by atoms with Gasteiger partial charge in [-0.3, -0.25) is 4.68 Å². The normalized spacial score (nSPS) is 10.6. The van der Waals surface area contributed by atoms with Gasteiger partial charge in [0.1, 0.15) is 0 Å². The highest BCUT2D eigenvalue weighted by Crippen LogP contribution is 2.11. The molecule has 84 valence electrons. The van der Waals surface area contributed by atoms with Gasteiger partial charge in [0, 0.05) is 11.0 Å². The summed E-state index contributed by atoms with van der Waals surface area (Å²) in [6, 6.07) is 10.4. The van der Waals surface area contributed by atoms with E-state index in [0.717, 1.165) is 18.3 Å². The molecule has 2 aromatic rings. The molecule has 16 heavy (non-hydrogen) atoms. The molecule has 0 unspecified atom stereocenters. The molecule has 0 aliphatic carbocycles. The molecule has 1 heterocycles. The van der Waals surface area contributed by atoms with Gasteiger partial charge in [-0.25, -0.2) is 0 Å². The van der Waals surface area contributed by atoms with Crippen molar-refractivity contribution in [3.63, 3.8) is 0 Å². The van der Waals surface area contributed by atoms with Gasteiger partial charge in [0.15, 0.2) is 0 Å². The van der Waals surface area contributed by atoms with Crippen LogP contribution in [0.4, 0.5) is 0 Å². The number of benzene rings is 1. The zero-order valence-corrected chi connectivity index (χ0v) is 10.9. The molecule has 0 aliphatic heterocycles. The lowest BCUT2D eigenvalue weighted by Crippen LogP contribution is -2.04. The van der Waals surface area contributed by atoms with Gasteiger partial charge in [-0.2, -0.15) is 5.10 Å². The van der Waals surface area contributed by atoms with Gasteiger partial charge in [0.05, 0.1) is 12.7 Å². The van der Waals surface area contributed by atoms with E-state index in [1.165, 1.54) is 16.8 Å². The summed E-state index contributed by atoms with van der Waals surface area (Å²) < 4.78 is 2.06. The van der Waals surface area contributed by atoms with Crippen LogP contribution in [0.25, 0.3) is 0 Å². The van der Waals surface area contributed by atoms with Gasteiger partial charge in [0.2, 0.25) is 0 Å². The maximum absolute atomic E-state index is 4.43. The Bertz CT molecular complexity index is 448. The molecule has 0 amide bonds. The molecule has 0 aliphatic rings. The van der Waals surface area contributed by atoms with Crippen LogP contribution in [0.2, 0.25) is 0 Å². The highest BCUT2D eigenvalue weighted by molar-refractivity contribution is 9.09. The SMILES string of the molecule is Cc1c(CCBr)cnn1Cc1ccccc1. The van der Waals surface area contributed by atoms with Crippen molar-refractivity contribution in [2.45, 2.75) is 19.9 Å². The van der Waals surface area contributed by atoms with Gasteiger partial charge in [-0.15, -0.1) is 0 Å². The number of aromatic nitrogens is 2. The van der Waals surface area contributed by atoms with Gasteiger partial charge in [0.25, 0.3) is 0 Å². The highest BCUT2D eigenvalue weighted by atomic mass is 79.9. The Morgan fingerprint density at radius 3 is 2.69 bits per heavy atom. The fourth-order valence-corrected chi connectivity index (χ4v) is 2.18. The van der Waals surface area contributed by atoms with Crippen LogP contribution in [0.5, 0.6) is 0 Å². The highest BCUT2D eigenvalue weighted by Gasteiger charge is 2.05. The number of alkyl halides is 1. The molecule has 2 nitrogen and oxygen atoms in total. The molecule has 3 heteroatoms. The fraction of sp³-hybridized carbons (Fsp3) is 0.308. The lowest BCUT2D eigenvalue weighted by Gasteiger charge is -2.05. The van der Waals surface area contributed by atoms with Crippen LogP contribution >= 0.6 is 15.9 Å². The van der Waals surface area contributed by atoms with E-state index in [-0.39, 0.29) is 0 Å². The standard InChI is InChI=1S/C13H15BrN2/c1-11-13(7-8-14)9-15-16(11)10-12-5-3-2-4-6-12/h2-6,9H,7-8,10H2,1H3. The van der Waals surface area contributed by atoms with Crippen molar-refractivity contribution in [2.24, 2.45) is 0 Å². The maximum atomic E-state index is 4.43. The average molecular weight is 279 g/mol. The minimum atomic E-state index is 0.856. The summed E-state index contributed by atoms with van der Waals surface area (Å²) in [5.41, 5.74) is 3.88. The van der Waals surface area contributed by atoms with Gasteiger partial charge in [-0.1, -0.05) is 46.3 Å². The molecule has 0 spiro atoms. The third-order valence-electron chi connectivity index (χ3n) is 2.74. The van der Waals surface area contributed by atoms with Crippen molar-refractivity contribution in [2.75, 3.05) is 5.33 Å². The monoisotopic (exact) mass is 278 g/mol. The van der Waals surface area contributed by atoms with Crippen molar-refractivity contribution in [1.29, 1.82) is 0 Å². The van der Waals surface area contributed by atoms with Crippen molar-refractivity contribution in [1.82, 2.24) is 9.78 Å². The number of rotatable bonds is 4. The average Bonchev–Trinajstić information content (AvgIpc) is 2.64. The second-order valence-electron chi connectivity index (χ2n) is 3.84. The second kappa shape index (κ2) is 5.30. The predicted octanol–water partition coefficient (Wildman–Crippen LogP) is 3.18. The van der Waals surface area contributed by atoms with Crippen LogP contribution in [0.1, 0.15) is 16.8 Å². The van der Waals surface area contributed by atoms with Crippen LogP contribution in [0, 0.1) is 6.92 Å². The molecule has 1 aromatic heterocycles. The van der Waals surface area contributed by atoms with Crippen LogP contribution in [0.15, 0.2) is 36.5 Å². The van der Waals surface area contributed by atoms with E-state index >= 15 is 0 Å². The number of hydrogen-bond acceptors (Lipinski definition) is 1. The topological polar surface area (TPSA) is 17.8 Å². The van der Waals surface area contributed by atoms with Gasteiger partial charge < -0.3 is 0 Å². The van der Waals surface area contributed by atoms with Gasteiger partial charge >= 0.3 is 0 Å². The first-order valence-corrected chi connectivity index (χ1v) is 6.54. The Balaban J connectivity index is 2.16. The van der Waals surface area contributed by atoms with E-state index in [1.807, 2.05) is 12.3 Å². The number of halogens is 1. The summed E-state index contributed by atoms with van der Waals surface area (Å²) in [4.78, 5) is 0. The summed E-state index contributed by atoms with van der Waals surface area (Å²) in [7, 11) is 0. The van der Waals surface area contributed by atoms with Crippen LogP contribution in [0.3, 0.4) is 0 Å². The Kier molecular flexibility index (Phi) is 3.78. The summed E-state index contributed by atoms with van der Waals surface area (Å²) >= 11 is 3.46. The molecular formula is C13H15BrN2. The molecule has 0 saturated heterocycles. The molecule has 2 rings (SSSR count). The zero-order valence-electron chi connectivity index (χ0n) is 9.36. The number of hydrogen-bond donors (Lipinski definition) is 0. The molecule has 0 fully saturated rings. The summed E-state index contributed by atoms with van der Waals surface area (Å²) in [6.45, 7) is 2.99. The largest absolute Gasteiger partial charge is 0.265 e. The predicted molar refractivity (Wildman–Crippen MR) is 70.0 cm³/mol. The zero-order chi connectivity index (χ0) is 11.4. The van der Waals surface area contributed by atoms with E-state index in [9.17, 15) is 0 Å². The third-order valence-corrected chi connectivity index (χ3v) is 3.14. The Morgan fingerprint density at radius 2 is 2.00 bits per heavy atom. The lowest BCUT2D eigenvalue weighted by molar-refractivity contribution is 0.664. The maximum Gasteiger partial charge on any atom is 0.0662 e.